The highest BCUT2D eigenvalue weighted by molar-refractivity contribution is 8.14. The molecule has 16 rings (SSSR count). The van der Waals surface area contributed by atoms with E-state index in [0.29, 0.717) is 102 Å². The van der Waals surface area contributed by atoms with Gasteiger partial charge in [-0.3, -0.25) is 84.6 Å². The van der Waals surface area contributed by atoms with Gasteiger partial charge in [0.25, 0.3) is 28.7 Å². The van der Waals surface area contributed by atoms with Crippen molar-refractivity contribution in [1.82, 2.24) is 49.0 Å². The fourth-order valence-corrected chi connectivity index (χ4v) is 16.3. The van der Waals surface area contributed by atoms with Crippen LogP contribution >= 0.6 is 58.6 Å². The lowest BCUT2D eigenvalue weighted by molar-refractivity contribution is -0.385. The number of amidine groups is 2. The van der Waals surface area contributed by atoms with Crippen LogP contribution in [0.1, 0.15) is 60.4 Å². The number of benzene rings is 8. The number of non-ortho nitro benzene ring substituents is 4. The predicted octanol–water partition coefficient (Wildman–Crippen LogP) is 17.3. The van der Waals surface area contributed by atoms with Crippen LogP contribution in [0.4, 0.5) is 22.7 Å². The summed E-state index contributed by atoms with van der Waals surface area (Å²) in [6, 6.07) is 44.2. The molecule has 8 aromatic carbocycles. The van der Waals surface area contributed by atoms with Gasteiger partial charge in [0.2, 0.25) is 10.3 Å². The zero-order chi connectivity index (χ0) is 86.4. The Morgan fingerprint density at radius 3 is 1.31 bits per heavy atom. The smallest absolute Gasteiger partial charge is 0.270 e. The fourth-order valence-electron chi connectivity index (χ4n) is 13.4. The number of hydrogen-bond acceptors (Lipinski definition) is 25. The minimum atomic E-state index is -0.564. The molecule has 14 aromatic rings. The molecule has 0 spiro atoms. The van der Waals surface area contributed by atoms with Crippen molar-refractivity contribution in [3.63, 3.8) is 0 Å². The second-order valence-corrected chi connectivity index (χ2v) is 32.7. The van der Waals surface area contributed by atoms with Gasteiger partial charge in [0, 0.05) is 143 Å². The topological polar surface area (TPSA) is 447 Å². The number of thioether (sulfide) groups is 4. The van der Waals surface area contributed by atoms with E-state index in [1.807, 2.05) is 125 Å². The number of hydrogen-bond donors (Lipinski definition) is 4. The molecule has 1 amide bonds. The third-order valence-electron chi connectivity index (χ3n) is 18.9. The van der Waals surface area contributed by atoms with Crippen molar-refractivity contribution in [1.29, 1.82) is 0 Å². The van der Waals surface area contributed by atoms with Crippen LogP contribution in [0, 0.1) is 54.3 Å². The van der Waals surface area contributed by atoms with Gasteiger partial charge in [0.15, 0.2) is 23.3 Å². The molecule has 32 nitrogen and oxygen atoms in total. The van der Waals surface area contributed by atoms with E-state index in [9.17, 15) is 64.4 Å². The third kappa shape index (κ3) is 20.4. The Kier molecular flexibility index (Phi) is 25.8. The van der Waals surface area contributed by atoms with Crippen molar-refractivity contribution >= 4 is 176 Å². The Bertz CT molecular complexity index is 6750. The number of aryl methyl sites for hydroxylation is 5. The lowest BCUT2D eigenvalue weighted by atomic mass is 9.98. The summed E-state index contributed by atoms with van der Waals surface area (Å²) in [5, 5.41) is 66.7. The summed E-state index contributed by atoms with van der Waals surface area (Å²) >= 11 is 11.6. The molecule has 121 heavy (non-hydrogen) atoms. The molecule has 0 radical (unpaired) electrons. The van der Waals surface area contributed by atoms with Crippen molar-refractivity contribution in [3.05, 3.63) is 244 Å². The normalized spacial score (nSPS) is 12.2. The SMILES string of the molecule is CC(=O)CSC1=NC(c2cc(-c3cc(Cl)c4c(ccn4C)c3)cc([N+](=O)[O-])c2)=NC1.CC(=O)CSC1=NC(c2cc(-c3ccc4[nH]c(C(N)=O)cc4c3)cc([N+](=O)[O-])c2)=NC1.CC(=O)CSc1n[nH]c(-c2cc(-c3cc(C)c4c(ccn4C)c3)cc([N+](=O)[O-])c2)n1.CC(=O)CSc1n[nH]c(-c2cc(-c3ccc4c(c3)c(C)cn4C)cc([N+](=O)[O-])c2)n1. The highest BCUT2D eigenvalue weighted by atomic mass is 35.5. The van der Waals surface area contributed by atoms with E-state index in [4.69, 9.17) is 17.3 Å². The zero-order valence-electron chi connectivity index (χ0n) is 66.0. The number of aliphatic imine (C=N–C) groups is 4. The number of nitro groups is 4. The second kappa shape index (κ2) is 36.7. The van der Waals surface area contributed by atoms with Crippen molar-refractivity contribution in [2.45, 2.75) is 51.9 Å². The number of nitrogens with zero attached hydrogens (tertiary/aromatic N) is 15. The first kappa shape index (κ1) is 85.2. The number of nitrogens with two attached hydrogens (primary N) is 1. The molecule has 0 aliphatic carbocycles. The lowest BCUT2D eigenvalue weighted by Crippen LogP contribution is -2.10. The molecular weight excluding hydrogens is 1650 g/mol. The number of halogens is 1. The number of ketones is 4. The van der Waals surface area contributed by atoms with Crippen LogP contribution in [-0.4, -0.2) is 156 Å². The van der Waals surface area contributed by atoms with E-state index < -0.39 is 25.6 Å². The van der Waals surface area contributed by atoms with Crippen LogP contribution < -0.4 is 5.73 Å². The van der Waals surface area contributed by atoms with Crippen molar-refractivity contribution in [2.75, 3.05) is 36.1 Å². The lowest BCUT2D eigenvalue weighted by Gasteiger charge is -2.08. The number of amides is 1. The molecule has 0 saturated heterocycles. The number of aromatic nitrogens is 10. The summed E-state index contributed by atoms with van der Waals surface area (Å²) in [6.45, 7) is 10.8. The zero-order valence-corrected chi connectivity index (χ0v) is 70.0. The number of carbonyl (C=O) groups is 5. The van der Waals surface area contributed by atoms with Crippen LogP contribution in [0.25, 0.3) is 111 Å². The molecular formula is C84H72ClN19O13S4. The molecule has 0 saturated carbocycles. The van der Waals surface area contributed by atoms with Crippen LogP contribution in [0.3, 0.4) is 0 Å². The minimum absolute atomic E-state index is 0.0237. The van der Waals surface area contributed by atoms with Gasteiger partial charge >= 0.3 is 0 Å². The molecule has 0 unspecified atom stereocenters. The van der Waals surface area contributed by atoms with Gasteiger partial charge in [-0.05, 0) is 188 Å². The summed E-state index contributed by atoms with van der Waals surface area (Å²) in [7, 11) is 5.90. The Labute approximate surface area is 709 Å². The number of primary amides is 1. The number of fused-ring (bicyclic) bond motifs is 4. The molecule has 8 heterocycles. The van der Waals surface area contributed by atoms with E-state index in [1.165, 1.54) is 111 Å². The number of nitrogens with one attached hydrogen (secondary N) is 3. The number of aromatic amines is 3. The van der Waals surface area contributed by atoms with E-state index in [2.05, 4.69) is 70.6 Å². The summed E-state index contributed by atoms with van der Waals surface area (Å²) < 4.78 is 6.05. The first-order valence-electron chi connectivity index (χ1n) is 36.8. The average molecular weight is 1720 g/mol. The maximum absolute atomic E-state index is 11.5. The standard InChI is InChI=1S/C21H17ClN4O3S.C21H17N5O4S.2C21H19N5O3S/c1-12(27)11-30-19-10-23-21(24-19)16-6-14(7-17(8-16)26(28)29)15-5-13-3-4-25(2)20(13)18(22)9-15;1-11(27)10-31-19-9-23-21(25-19)15-5-13(6-16(7-15)26(29)30)12-2-3-17-14(4-12)8-18(24-17)20(22)28;1-12-10-25(3)19-5-4-14(9-18(12)19)15-6-16(8-17(7-15)26(28)29)20-22-21(24-23-20)30-11-13(2)27;1-12-6-15(7-14-4-5-25(3)19(12)14)16-8-17(10-18(9-16)26(28)29)20-22-21(24-23-20)30-11-13(2)27/h3-9H,10-11H2,1-2H3;2-8,24H,9-10H2,1H3,(H2,22,28);2*4-10H,11H2,1-3H3,(H,22,23,24). The Balaban J connectivity index is 0.000000139. The number of carbonyl (C=O) groups excluding carboxylic acids is 5. The number of nitro benzene ring substituents is 4. The molecule has 5 N–H and O–H groups in total. The molecule has 2 aliphatic heterocycles. The Morgan fingerprint density at radius 2 is 0.843 bits per heavy atom. The van der Waals surface area contributed by atoms with E-state index in [-0.39, 0.29) is 63.1 Å². The Hall–Kier alpha value is -13.7. The Morgan fingerprint density at radius 1 is 0.446 bits per heavy atom. The summed E-state index contributed by atoms with van der Waals surface area (Å²) in [5.41, 5.74) is 19.8. The van der Waals surface area contributed by atoms with Crippen LogP contribution in [0.5, 0.6) is 0 Å². The number of Topliss-reactive ketones (excluding diaryl/α,β-unsaturated/α-hetero) is 4. The van der Waals surface area contributed by atoms with Gasteiger partial charge in [-0.25, -0.2) is 20.0 Å². The van der Waals surface area contributed by atoms with E-state index in [1.54, 1.807) is 42.5 Å². The van der Waals surface area contributed by atoms with Crippen molar-refractivity contribution in [3.8, 4) is 67.3 Å². The molecule has 2 aliphatic rings. The van der Waals surface area contributed by atoms with Crippen LogP contribution in [0.2, 0.25) is 5.02 Å². The third-order valence-corrected chi connectivity index (χ3v) is 23.4. The van der Waals surface area contributed by atoms with Crippen molar-refractivity contribution < 1.29 is 43.7 Å². The highest BCUT2D eigenvalue weighted by Crippen LogP contribution is 2.39. The number of H-pyrrole nitrogens is 3. The molecule has 0 fully saturated rings. The first-order chi connectivity index (χ1) is 57.7. The summed E-state index contributed by atoms with van der Waals surface area (Å²) in [4.78, 5) is 130. The molecule has 6 aromatic heterocycles. The van der Waals surface area contributed by atoms with E-state index in [0.717, 1.165) is 93.2 Å². The van der Waals surface area contributed by atoms with Crippen molar-refractivity contribution in [2.24, 2.45) is 46.8 Å². The van der Waals surface area contributed by atoms with Crippen LogP contribution in [0.15, 0.2) is 201 Å². The maximum atomic E-state index is 11.5. The van der Waals surface area contributed by atoms with Crippen LogP contribution in [-0.2, 0) is 40.3 Å². The van der Waals surface area contributed by atoms with Gasteiger partial charge in [0.05, 0.1) is 81.9 Å². The fraction of sp³-hybridized carbons (Fsp3) is 0.179. The summed E-state index contributed by atoms with van der Waals surface area (Å²) in [6.07, 6.45) is 5.97. The average Bonchev–Trinajstić information content (AvgIpc) is 1.60. The summed E-state index contributed by atoms with van der Waals surface area (Å²) in [5.74, 6) is 2.43. The first-order valence-corrected chi connectivity index (χ1v) is 41.1. The van der Waals surface area contributed by atoms with Gasteiger partial charge in [-0.1, -0.05) is 47.3 Å². The predicted molar refractivity (Wildman–Crippen MR) is 476 cm³/mol. The largest absolute Gasteiger partial charge is 0.364 e. The highest BCUT2D eigenvalue weighted by Gasteiger charge is 2.25. The van der Waals surface area contributed by atoms with Gasteiger partial charge < -0.3 is 24.4 Å². The van der Waals surface area contributed by atoms with Gasteiger partial charge in [0.1, 0.15) is 28.8 Å². The van der Waals surface area contributed by atoms with Gasteiger partial charge in [-0.2, -0.15) is 0 Å². The second-order valence-electron chi connectivity index (χ2n) is 28.3. The maximum Gasteiger partial charge on any atom is 0.270 e. The number of rotatable bonds is 23. The minimum Gasteiger partial charge on any atom is -0.364 e. The monoisotopic (exact) mass is 1720 g/mol. The molecule has 612 valence electrons. The van der Waals surface area contributed by atoms with E-state index >= 15 is 0 Å². The molecule has 0 bridgehead atoms. The van der Waals surface area contributed by atoms with Gasteiger partial charge in [-0.15, -0.1) is 33.7 Å². The molecule has 37 heteroatoms. The quantitative estimate of drug-likeness (QED) is 0.0262. The molecule has 0 atom stereocenters.